The molecule has 41 heavy (non-hydrogen) atoms. The average molecular weight is 602 g/mol. The predicted octanol–water partition coefficient (Wildman–Crippen LogP) is 4.88. The highest BCUT2D eigenvalue weighted by molar-refractivity contribution is 7.92. The number of amides is 2. The van der Waals surface area contributed by atoms with E-state index in [4.69, 9.17) is 21.1 Å². The molecule has 3 rings (SSSR count). The van der Waals surface area contributed by atoms with Gasteiger partial charge in [0.2, 0.25) is 11.8 Å². The predicted molar refractivity (Wildman–Crippen MR) is 160 cm³/mol. The third-order valence-electron chi connectivity index (χ3n) is 6.70. The second kappa shape index (κ2) is 14.2. The van der Waals surface area contributed by atoms with Gasteiger partial charge in [0, 0.05) is 23.7 Å². The molecular weight excluding hydrogens is 566 g/mol. The van der Waals surface area contributed by atoms with E-state index in [0.717, 1.165) is 9.87 Å². The van der Waals surface area contributed by atoms with E-state index >= 15 is 0 Å². The molecule has 3 aromatic rings. The van der Waals surface area contributed by atoms with Crippen LogP contribution in [-0.2, 0) is 26.2 Å². The molecular formula is C30H36ClN3O6S. The van der Waals surface area contributed by atoms with Crippen molar-refractivity contribution in [2.75, 3.05) is 25.1 Å². The van der Waals surface area contributed by atoms with Crippen LogP contribution >= 0.6 is 11.6 Å². The number of sulfonamides is 1. The van der Waals surface area contributed by atoms with Crippen LogP contribution in [0.25, 0.3) is 0 Å². The molecule has 0 radical (unpaired) electrons. The van der Waals surface area contributed by atoms with E-state index in [1.165, 1.54) is 43.4 Å². The lowest BCUT2D eigenvalue weighted by molar-refractivity contribution is -0.139. The zero-order valence-electron chi connectivity index (χ0n) is 23.8. The Morgan fingerprint density at radius 2 is 1.56 bits per heavy atom. The third kappa shape index (κ3) is 7.92. The number of anilines is 1. The molecule has 220 valence electrons. The van der Waals surface area contributed by atoms with Crippen LogP contribution in [0.15, 0.2) is 77.7 Å². The largest absolute Gasteiger partial charge is 0.493 e. The van der Waals surface area contributed by atoms with E-state index in [9.17, 15) is 18.0 Å². The molecule has 0 unspecified atom stereocenters. The second-order valence-electron chi connectivity index (χ2n) is 9.51. The first-order valence-electron chi connectivity index (χ1n) is 13.2. The van der Waals surface area contributed by atoms with E-state index in [1.54, 1.807) is 55.5 Å². The summed E-state index contributed by atoms with van der Waals surface area (Å²) in [6, 6.07) is 18.4. The Balaban J connectivity index is 2.06. The minimum Gasteiger partial charge on any atom is -0.493 e. The van der Waals surface area contributed by atoms with Gasteiger partial charge in [-0.05, 0) is 62.2 Å². The summed E-state index contributed by atoms with van der Waals surface area (Å²) in [5, 5.41) is 3.44. The number of hydrogen-bond acceptors (Lipinski definition) is 6. The summed E-state index contributed by atoms with van der Waals surface area (Å²) >= 11 is 6.05. The minimum atomic E-state index is -4.20. The van der Waals surface area contributed by atoms with E-state index < -0.39 is 28.5 Å². The maximum absolute atomic E-state index is 14.0. The topological polar surface area (TPSA) is 105 Å². The highest BCUT2D eigenvalue weighted by Gasteiger charge is 2.33. The first kappa shape index (κ1) is 31.8. The van der Waals surface area contributed by atoms with Gasteiger partial charge in [0.1, 0.15) is 12.6 Å². The van der Waals surface area contributed by atoms with Crippen molar-refractivity contribution in [3.05, 3.63) is 83.4 Å². The number of methoxy groups -OCH3 is 2. The fraction of sp³-hybridized carbons (Fsp3) is 0.333. The Morgan fingerprint density at radius 3 is 2.15 bits per heavy atom. The number of nitrogens with zero attached hydrogens (tertiary/aromatic N) is 2. The Hall–Kier alpha value is -3.76. The molecule has 0 aliphatic rings. The number of carbonyl (C=O) groups is 2. The zero-order valence-corrected chi connectivity index (χ0v) is 25.4. The van der Waals surface area contributed by atoms with Gasteiger partial charge in [-0.1, -0.05) is 48.9 Å². The molecule has 2 atom stereocenters. The van der Waals surface area contributed by atoms with Crippen LogP contribution in [0.1, 0.15) is 32.8 Å². The van der Waals surface area contributed by atoms with Gasteiger partial charge in [0.15, 0.2) is 11.5 Å². The molecule has 3 aromatic carbocycles. The molecule has 0 aliphatic heterocycles. The Kier molecular flexibility index (Phi) is 11.0. The van der Waals surface area contributed by atoms with Gasteiger partial charge in [-0.3, -0.25) is 13.9 Å². The van der Waals surface area contributed by atoms with Gasteiger partial charge in [-0.25, -0.2) is 8.42 Å². The Bertz CT molecular complexity index is 1430. The molecule has 0 fully saturated rings. The van der Waals surface area contributed by atoms with Gasteiger partial charge in [-0.15, -0.1) is 0 Å². The summed E-state index contributed by atoms with van der Waals surface area (Å²) in [6.45, 7) is 4.94. The summed E-state index contributed by atoms with van der Waals surface area (Å²) < 4.78 is 39.6. The van der Waals surface area contributed by atoms with Crippen molar-refractivity contribution in [1.29, 1.82) is 0 Å². The van der Waals surface area contributed by atoms with Crippen molar-refractivity contribution in [1.82, 2.24) is 10.2 Å². The Labute approximate surface area is 247 Å². The van der Waals surface area contributed by atoms with Gasteiger partial charge >= 0.3 is 0 Å². The number of halogens is 1. The summed E-state index contributed by atoms with van der Waals surface area (Å²) in [4.78, 5) is 28.5. The van der Waals surface area contributed by atoms with Crippen LogP contribution in [0, 0.1) is 0 Å². The standard InChI is InChI=1S/C30H36ClN3O6S/c1-6-21(2)32-30(36)22(3)33(19-23-12-14-24(31)15-13-23)29(35)20-34(41(37,38)26-10-8-7-9-11-26)25-16-17-27(39-4)28(18-25)40-5/h7-18,21-22H,6,19-20H2,1-5H3,(H,32,36)/t21-,22+/m0/s1. The molecule has 11 heteroatoms. The number of carbonyl (C=O) groups excluding carboxylic acids is 2. The third-order valence-corrected chi connectivity index (χ3v) is 8.74. The molecule has 0 heterocycles. The summed E-state index contributed by atoms with van der Waals surface area (Å²) in [5.74, 6) is -0.212. The highest BCUT2D eigenvalue weighted by atomic mass is 35.5. The van der Waals surface area contributed by atoms with Crippen LogP contribution in [0.5, 0.6) is 11.5 Å². The average Bonchev–Trinajstić information content (AvgIpc) is 2.98. The van der Waals surface area contributed by atoms with Gasteiger partial charge in [0.25, 0.3) is 10.0 Å². The molecule has 1 N–H and O–H groups in total. The van der Waals surface area contributed by atoms with Crippen molar-refractivity contribution in [3.8, 4) is 11.5 Å². The first-order valence-corrected chi connectivity index (χ1v) is 15.0. The van der Waals surface area contributed by atoms with Crippen molar-refractivity contribution in [3.63, 3.8) is 0 Å². The van der Waals surface area contributed by atoms with Gasteiger partial charge in [0.05, 0.1) is 24.8 Å². The number of hydrogen-bond donors (Lipinski definition) is 1. The summed E-state index contributed by atoms with van der Waals surface area (Å²) in [5.41, 5.74) is 0.928. The maximum atomic E-state index is 14.0. The van der Waals surface area contributed by atoms with E-state index in [1.807, 2.05) is 13.8 Å². The number of rotatable bonds is 13. The molecule has 0 saturated carbocycles. The SMILES string of the molecule is CC[C@H](C)NC(=O)[C@@H](C)N(Cc1ccc(Cl)cc1)C(=O)CN(c1ccc(OC)c(OC)c1)S(=O)(=O)c1ccccc1. The van der Waals surface area contributed by atoms with Crippen LogP contribution in [-0.4, -0.2) is 58.0 Å². The lowest BCUT2D eigenvalue weighted by atomic mass is 10.1. The number of benzene rings is 3. The fourth-order valence-electron chi connectivity index (χ4n) is 4.06. The fourth-order valence-corrected chi connectivity index (χ4v) is 5.62. The van der Waals surface area contributed by atoms with Crippen LogP contribution in [0.4, 0.5) is 5.69 Å². The van der Waals surface area contributed by atoms with Crippen molar-refractivity contribution in [2.45, 2.75) is 50.7 Å². The molecule has 2 amide bonds. The highest BCUT2D eigenvalue weighted by Crippen LogP contribution is 2.34. The second-order valence-corrected chi connectivity index (χ2v) is 11.8. The van der Waals surface area contributed by atoms with Crippen molar-refractivity contribution in [2.24, 2.45) is 0 Å². The quantitative estimate of drug-likeness (QED) is 0.299. The minimum absolute atomic E-state index is 0.00870. The summed E-state index contributed by atoms with van der Waals surface area (Å²) in [6.07, 6.45) is 0.714. The number of nitrogens with one attached hydrogen (secondary N) is 1. The maximum Gasteiger partial charge on any atom is 0.264 e. The Morgan fingerprint density at radius 1 is 0.927 bits per heavy atom. The van der Waals surface area contributed by atoms with Crippen molar-refractivity contribution < 1.29 is 27.5 Å². The number of ether oxygens (including phenoxy) is 2. The van der Waals surface area contributed by atoms with Crippen LogP contribution in [0.3, 0.4) is 0 Å². The van der Waals surface area contributed by atoms with E-state index in [2.05, 4.69) is 5.32 Å². The monoisotopic (exact) mass is 601 g/mol. The van der Waals surface area contributed by atoms with Crippen molar-refractivity contribution >= 4 is 39.1 Å². The molecule has 0 aliphatic carbocycles. The zero-order chi connectivity index (χ0) is 30.2. The summed E-state index contributed by atoms with van der Waals surface area (Å²) in [7, 11) is -1.29. The van der Waals surface area contributed by atoms with Gasteiger partial charge < -0.3 is 19.7 Å². The molecule has 0 aromatic heterocycles. The van der Waals surface area contributed by atoms with Gasteiger partial charge in [-0.2, -0.15) is 0 Å². The smallest absolute Gasteiger partial charge is 0.264 e. The normalized spacial score (nSPS) is 12.6. The lowest BCUT2D eigenvalue weighted by Crippen LogP contribution is -2.52. The van der Waals surface area contributed by atoms with E-state index in [-0.39, 0.29) is 29.1 Å². The molecule has 0 bridgehead atoms. The molecule has 0 spiro atoms. The lowest BCUT2D eigenvalue weighted by Gasteiger charge is -2.32. The molecule has 9 nitrogen and oxygen atoms in total. The van der Waals surface area contributed by atoms with Crippen LogP contribution < -0.4 is 19.1 Å². The van der Waals surface area contributed by atoms with E-state index in [0.29, 0.717) is 22.9 Å². The van der Waals surface area contributed by atoms with Crippen LogP contribution in [0.2, 0.25) is 5.02 Å². The first-order chi connectivity index (χ1) is 19.5. The molecule has 0 saturated heterocycles.